The molecule has 0 radical (unpaired) electrons. The quantitative estimate of drug-likeness (QED) is 0.824. The molecule has 1 aromatic rings. The average molecular weight is 351 g/mol. The van der Waals surface area contributed by atoms with Crippen LogP contribution in [0.5, 0.6) is 0 Å². The van der Waals surface area contributed by atoms with Crippen LogP contribution < -0.4 is 4.72 Å². The minimum Gasteiger partial charge on any atom is -0.298 e. The van der Waals surface area contributed by atoms with Crippen LogP contribution in [0.25, 0.3) is 5.57 Å². The summed E-state index contributed by atoms with van der Waals surface area (Å²) in [7, 11) is -3.57. The summed E-state index contributed by atoms with van der Waals surface area (Å²) in [5, 5.41) is 0. The number of hydrogen-bond donors (Lipinski definition) is 1. The highest BCUT2D eigenvalue weighted by molar-refractivity contribution is 7.91. The predicted octanol–water partition coefficient (Wildman–Crippen LogP) is 2.98. The number of carbonyl (C=O) groups excluding carboxylic acids is 1. The molecule has 1 N–H and O–H groups in total. The normalized spacial score (nSPS) is 14.9. The molecule has 1 aliphatic rings. The van der Waals surface area contributed by atoms with Gasteiger partial charge in [-0.3, -0.25) is 9.52 Å². The fourth-order valence-electron chi connectivity index (χ4n) is 2.25. The van der Waals surface area contributed by atoms with Gasteiger partial charge in [0.25, 0.3) is 0 Å². The van der Waals surface area contributed by atoms with Crippen molar-refractivity contribution in [3.8, 4) is 0 Å². The zero-order valence-corrected chi connectivity index (χ0v) is 14.4. The topological polar surface area (TPSA) is 89.0 Å². The van der Waals surface area contributed by atoms with Crippen molar-refractivity contribution in [1.82, 2.24) is 9.97 Å². The summed E-state index contributed by atoms with van der Waals surface area (Å²) >= 11 is 0. The summed E-state index contributed by atoms with van der Waals surface area (Å²) in [4.78, 5) is 19.9. The molecule has 1 aromatic heterocycles. The standard InChI is InChI=1S/C16H18FN3O3S/c1-10(2)14-13(9-21)15(11-5-4-6-12(17)8-7-11)19-16(18-14)20-24(3,22)23/h5-10H,4H2,1-3H3,(H,18,19,20). The van der Waals surface area contributed by atoms with E-state index in [4.69, 9.17) is 0 Å². The van der Waals surface area contributed by atoms with Crippen molar-refractivity contribution in [3.05, 3.63) is 47.1 Å². The van der Waals surface area contributed by atoms with E-state index in [1.807, 2.05) is 13.8 Å². The molecule has 1 heterocycles. The van der Waals surface area contributed by atoms with E-state index in [0.29, 0.717) is 24.0 Å². The molecule has 2 rings (SSSR count). The molecule has 0 saturated heterocycles. The van der Waals surface area contributed by atoms with Gasteiger partial charge in [0.2, 0.25) is 16.0 Å². The second kappa shape index (κ2) is 7.04. The monoisotopic (exact) mass is 351 g/mol. The molecular formula is C16H18FN3O3S. The first-order valence-electron chi connectivity index (χ1n) is 7.30. The zero-order chi connectivity index (χ0) is 17.9. The van der Waals surface area contributed by atoms with E-state index in [2.05, 4.69) is 14.7 Å². The number of halogens is 1. The molecule has 0 saturated carbocycles. The van der Waals surface area contributed by atoms with Crippen molar-refractivity contribution in [3.63, 3.8) is 0 Å². The molecule has 0 aromatic carbocycles. The molecule has 0 spiro atoms. The number of carbonyl (C=O) groups is 1. The number of rotatable bonds is 5. The van der Waals surface area contributed by atoms with Gasteiger partial charge in [-0.15, -0.1) is 0 Å². The van der Waals surface area contributed by atoms with Gasteiger partial charge >= 0.3 is 0 Å². The van der Waals surface area contributed by atoms with Gasteiger partial charge in [-0.1, -0.05) is 26.0 Å². The van der Waals surface area contributed by atoms with Crippen LogP contribution in [0.2, 0.25) is 0 Å². The Kier molecular flexibility index (Phi) is 5.28. The van der Waals surface area contributed by atoms with E-state index < -0.39 is 10.0 Å². The number of hydrogen-bond acceptors (Lipinski definition) is 5. The summed E-state index contributed by atoms with van der Waals surface area (Å²) in [6.45, 7) is 3.67. The molecule has 1 aliphatic carbocycles. The molecule has 0 aliphatic heterocycles. The van der Waals surface area contributed by atoms with E-state index >= 15 is 0 Å². The first-order chi connectivity index (χ1) is 11.2. The third-order valence-electron chi connectivity index (χ3n) is 3.26. The zero-order valence-electron chi connectivity index (χ0n) is 13.6. The Bertz CT molecular complexity index is 856. The summed E-state index contributed by atoms with van der Waals surface area (Å²) in [5.41, 5.74) is 1.49. The average Bonchev–Trinajstić information content (AvgIpc) is 2.69. The van der Waals surface area contributed by atoms with Gasteiger partial charge in [0, 0.05) is 0 Å². The van der Waals surface area contributed by atoms with Crippen molar-refractivity contribution in [1.29, 1.82) is 0 Å². The Balaban J connectivity index is 2.66. The number of nitrogens with one attached hydrogen (secondary N) is 1. The second-order valence-corrected chi connectivity index (χ2v) is 7.41. The smallest absolute Gasteiger partial charge is 0.237 e. The highest BCUT2D eigenvalue weighted by Crippen LogP contribution is 2.28. The molecule has 0 atom stereocenters. The number of sulfonamides is 1. The Morgan fingerprint density at radius 2 is 1.96 bits per heavy atom. The summed E-state index contributed by atoms with van der Waals surface area (Å²) in [5.74, 6) is -0.632. The maximum absolute atomic E-state index is 13.4. The van der Waals surface area contributed by atoms with Crippen molar-refractivity contribution in [2.75, 3.05) is 11.0 Å². The largest absolute Gasteiger partial charge is 0.298 e. The lowest BCUT2D eigenvalue weighted by molar-refractivity contribution is 0.112. The van der Waals surface area contributed by atoms with Crippen LogP contribution in [-0.2, 0) is 10.0 Å². The molecule has 0 bridgehead atoms. The molecular weight excluding hydrogens is 333 g/mol. The molecule has 0 fully saturated rings. The van der Waals surface area contributed by atoms with Crippen LogP contribution >= 0.6 is 0 Å². The Morgan fingerprint density at radius 3 is 2.54 bits per heavy atom. The van der Waals surface area contributed by atoms with Crippen molar-refractivity contribution in [2.24, 2.45) is 0 Å². The number of allylic oxidation sites excluding steroid dienone is 6. The van der Waals surface area contributed by atoms with Gasteiger partial charge in [-0.2, -0.15) is 0 Å². The van der Waals surface area contributed by atoms with E-state index in [-0.39, 0.29) is 29.0 Å². The van der Waals surface area contributed by atoms with Crippen LogP contribution in [0.15, 0.2) is 30.1 Å². The lowest BCUT2D eigenvalue weighted by Crippen LogP contribution is -2.16. The predicted molar refractivity (Wildman–Crippen MR) is 90.9 cm³/mol. The molecule has 0 amide bonds. The van der Waals surface area contributed by atoms with Crippen molar-refractivity contribution >= 4 is 27.8 Å². The van der Waals surface area contributed by atoms with Gasteiger partial charge < -0.3 is 0 Å². The Morgan fingerprint density at radius 1 is 1.25 bits per heavy atom. The van der Waals surface area contributed by atoms with Crippen molar-refractivity contribution < 1.29 is 17.6 Å². The van der Waals surface area contributed by atoms with E-state index in [9.17, 15) is 17.6 Å². The molecule has 6 nitrogen and oxygen atoms in total. The summed E-state index contributed by atoms with van der Waals surface area (Å²) in [6, 6.07) is 0. The van der Waals surface area contributed by atoms with Crippen LogP contribution in [0.1, 0.15) is 47.9 Å². The Labute approximate surface area is 140 Å². The van der Waals surface area contributed by atoms with Gasteiger partial charge in [0.05, 0.1) is 23.2 Å². The number of anilines is 1. The first kappa shape index (κ1) is 18.0. The fourth-order valence-corrected chi connectivity index (χ4v) is 2.68. The molecule has 24 heavy (non-hydrogen) atoms. The SMILES string of the molecule is CC(C)c1nc(NS(C)(=O)=O)nc(C2=CCC=C(F)C=C2)c1C=O. The lowest BCUT2D eigenvalue weighted by Gasteiger charge is -2.15. The highest BCUT2D eigenvalue weighted by Gasteiger charge is 2.20. The second-order valence-electron chi connectivity index (χ2n) is 5.66. The minimum absolute atomic E-state index is 0.117. The minimum atomic E-state index is -3.57. The molecule has 8 heteroatoms. The van der Waals surface area contributed by atoms with Crippen LogP contribution in [0.3, 0.4) is 0 Å². The van der Waals surface area contributed by atoms with E-state index in [1.54, 1.807) is 6.08 Å². The number of nitrogens with zero attached hydrogens (tertiary/aromatic N) is 2. The van der Waals surface area contributed by atoms with Gasteiger partial charge in [-0.05, 0) is 30.1 Å². The highest BCUT2D eigenvalue weighted by atomic mass is 32.2. The fraction of sp³-hybridized carbons (Fsp3) is 0.312. The van der Waals surface area contributed by atoms with Gasteiger partial charge in [0.15, 0.2) is 6.29 Å². The van der Waals surface area contributed by atoms with E-state index in [0.717, 1.165) is 6.26 Å². The molecule has 128 valence electrons. The van der Waals surface area contributed by atoms with Crippen molar-refractivity contribution in [2.45, 2.75) is 26.2 Å². The van der Waals surface area contributed by atoms with Gasteiger partial charge in [-0.25, -0.2) is 22.8 Å². The summed E-state index contributed by atoms with van der Waals surface area (Å²) in [6.07, 6.45) is 7.84. The third-order valence-corrected chi connectivity index (χ3v) is 3.82. The maximum atomic E-state index is 13.4. The van der Waals surface area contributed by atoms with Crippen LogP contribution in [-0.4, -0.2) is 30.9 Å². The Hall–Kier alpha value is -2.35. The number of aromatic nitrogens is 2. The van der Waals surface area contributed by atoms with E-state index in [1.165, 1.54) is 18.2 Å². The van der Waals surface area contributed by atoms with Crippen LogP contribution in [0, 0.1) is 0 Å². The van der Waals surface area contributed by atoms with Gasteiger partial charge in [0.1, 0.15) is 5.83 Å². The van der Waals surface area contributed by atoms with Crippen LogP contribution in [0.4, 0.5) is 10.3 Å². The molecule has 0 unspecified atom stereocenters. The number of aldehydes is 1. The maximum Gasteiger partial charge on any atom is 0.237 e. The third kappa shape index (κ3) is 4.35. The summed E-state index contributed by atoms with van der Waals surface area (Å²) < 4.78 is 38.5. The first-order valence-corrected chi connectivity index (χ1v) is 9.19. The lowest BCUT2D eigenvalue weighted by atomic mass is 9.99.